The lowest BCUT2D eigenvalue weighted by atomic mass is 9.89. The number of aromatic nitrogens is 1. The molecular formula is C19H19BrN2O2. The molecule has 2 aromatic rings. The predicted molar refractivity (Wildman–Crippen MR) is 97.7 cm³/mol. The average Bonchev–Trinajstić information content (AvgIpc) is 3.01. The molecular weight excluding hydrogens is 368 g/mol. The number of carboxylic acid groups (broad SMARTS) is 1. The van der Waals surface area contributed by atoms with Crippen molar-refractivity contribution < 1.29 is 9.90 Å². The quantitative estimate of drug-likeness (QED) is 0.851. The van der Waals surface area contributed by atoms with Crippen LogP contribution in [0.4, 0.5) is 0 Å². The Morgan fingerprint density at radius 1 is 1.21 bits per heavy atom. The van der Waals surface area contributed by atoms with Gasteiger partial charge in [0.2, 0.25) is 0 Å². The number of carbonyl (C=O) groups is 1. The summed E-state index contributed by atoms with van der Waals surface area (Å²) in [4.78, 5) is 17.8. The molecule has 0 unspecified atom stereocenters. The molecule has 1 aliphatic rings. The summed E-state index contributed by atoms with van der Waals surface area (Å²) in [5.41, 5.74) is 2.19. The number of pyridine rings is 1. The summed E-state index contributed by atoms with van der Waals surface area (Å²) >= 11 is 3.43. The minimum atomic E-state index is -0.719. The molecule has 2 heterocycles. The van der Waals surface area contributed by atoms with Gasteiger partial charge in [-0.25, -0.2) is 0 Å². The van der Waals surface area contributed by atoms with Crippen LogP contribution in [0.2, 0.25) is 0 Å². The molecule has 1 aromatic heterocycles. The van der Waals surface area contributed by atoms with Crippen molar-refractivity contribution in [2.24, 2.45) is 5.92 Å². The van der Waals surface area contributed by atoms with E-state index in [0.717, 1.165) is 28.7 Å². The van der Waals surface area contributed by atoms with Gasteiger partial charge in [-0.3, -0.25) is 14.7 Å². The largest absolute Gasteiger partial charge is 0.481 e. The van der Waals surface area contributed by atoms with E-state index in [0.29, 0.717) is 6.54 Å². The zero-order chi connectivity index (χ0) is 16.9. The number of benzene rings is 1. The highest BCUT2D eigenvalue weighted by atomic mass is 79.9. The van der Waals surface area contributed by atoms with Crippen molar-refractivity contribution in [1.29, 1.82) is 0 Å². The van der Waals surface area contributed by atoms with E-state index in [1.807, 2.05) is 42.5 Å². The number of halogens is 1. The Balaban J connectivity index is 1.67. The monoisotopic (exact) mass is 386 g/mol. The van der Waals surface area contributed by atoms with E-state index in [9.17, 15) is 9.90 Å². The summed E-state index contributed by atoms with van der Waals surface area (Å²) < 4.78 is 1.01. The van der Waals surface area contributed by atoms with Crippen molar-refractivity contribution in [3.05, 3.63) is 70.5 Å². The van der Waals surface area contributed by atoms with Crippen LogP contribution in [0.3, 0.4) is 0 Å². The van der Waals surface area contributed by atoms with E-state index in [2.05, 4.69) is 31.9 Å². The van der Waals surface area contributed by atoms with Crippen LogP contribution in [0.5, 0.6) is 0 Å². The second-order valence-electron chi connectivity index (χ2n) is 6.00. The van der Waals surface area contributed by atoms with E-state index >= 15 is 0 Å². The molecule has 1 saturated heterocycles. The summed E-state index contributed by atoms with van der Waals surface area (Å²) in [7, 11) is 0. The number of hydrogen-bond acceptors (Lipinski definition) is 3. The molecule has 0 bridgehead atoms. The number of nitrogens with zero attached hydrogens (tertiary/aromatic N) is 2. The summed E-state index contributed by atoms with van der Waals surface area (Å²) in [6.45, 7) is 2.09. The predicted octanol–water partition coefficient (Wildman–Crippen LogP) is 3.66. The average molecular weight is 387 g/mol. The Hall–Kier alpha value is -1.98. The van der Waals surface area contributed by atoms with Gasteiger partial charge in [-0.15, -0.1) is 0 Å². The van der Waals surface area contributed by atoms with Gasteiger partial charge in [0.1, 0.15) is 0 Å². The van der Waals surface area contributed by atoms with E-state index in [4.69, 9.17) is 0 Å². The van der Waals surface area contributed by atoms with Crippen LogP contribution < -0.4 is 0 Å². The lowest BCUT2D eigenvalue weighted by Gasteiger charge is -2.15. The topological polar surface area (TPSA) is 53.4 Å². The van der Waals surface area contributed by atoms with Gasteiger partial charge in [-0.1, -0.05) is 40.2 Å². The maximum absolute atomic E-state index is 11.6. The minimum absolute atomic E-state index is 0.0323. The maximum atomic E-state index is 11.6. The molecule has 0 aliphatic carbocycles. The molecule has 2 atom stereocenters. The Labute approximate surface area is 150 Å². The van der Waals surface area contributed by atoms with Crippen LogP contribution in [-0.2, 0) is 4.79 Å². The number of hydrogen-bond donors (Lipinski definition) is 1. The highest BCUT2D eigenvalue weighted by molar-refractivity contribution is 9.10. The molecule has 1 aromatic carbocycles. The lowest BCUT2D eigenvalue weighted by molar-refractivity contribution is -0.141. The molecule has 1 fully saturated rings. The molecule has 0 spiro atoms. The van der Waals surface area contributed by atoms with Gasteiger partial charge in [0.15, 0.2) is 0 Å². The maximum Gasteiger partial charge on any atom is 0.308 e. The first-order chi connectivity index (χ1) is 11.6. The fraction of sp³-hybridized carbons (Fsp3) is 0.263. The zero-order valence-electron chi connectivity index (χ0n) is 13.2. The third-order valence-corrected chi connectivity index (χ3v) is 4.92. The highest BCUT2D eigenvalue weighted by Gasteiger charge is 2.37. The van der Waals surface area contributed by atoms with Crippen molar-refractivity contribution in [2.45, 2.75) is 5.92 Å². The normalized spacial score (nSPS) is 21.4. The number of carboxylic acids is 1. The van der Waals surface area contributed by atoms with Gasteiger partial charge < -0.3 is 5.11 Å². The third-order valence-electron chi connectivity index (χ3n) is 4.39. The summed E-state index contributed by atoms with van der Waals surface area (Å²) in [5, 5.41) is 9.56. The molecule has 1 aliphatic heterocycles. The summed E-state index contributed by atoms with van der Waals surface area (Å²) in [6, 6.07) is 11.9. The van der Waals surface area contributed by atoms with Crippen molar-refractivity contribution in [3.8, 4) is 0 Å². The van der Waals surface area contributed by atoms with Crippen LogP contribution in [0.1, 0.15) is 17.0 Å². The Morgan fingerprint density at radius 3 is 2.58 bits per heavy atom. The molecule has 124 valence electrons. The second-order valence-corrected chi connectivity index (χ2v) is 6.92. The van der Waals surface area contributed by atoms with Gasteiger partial charge in [0.05, 0.1) is 5.92 Å². The van der Waals surface area contributed by atoms with Gasteiger partial charge >= 0.3 is 5.97 Å². The van der Waals surface area contributed by atoms with Gasteiger partial charge in [0, 0.05) is 42.4 Å². The SMILES string of the molecule is O=C(O)[C@@H]1CN(C/C=C/c2ccncc2)C[C@H]1c1ccc(Br)cc1. The Morgan fingerprint density at radius 2 is 1.92 bits per heavy atom. The van der Waals surface area contributed by atoms with E-state index in [1.54, 1.807) is 12.4 Å². The van der Waals surface area contributed by atoms with Gasteiger partial charge in [0.25, 0.3) is 0 Å². The first-order valence-electron chi connectivity index (χ1n) is 7.90. The third kappa shape index (κ3) is 4.10. The molecule has 0 radical (unpaired) electrons. The Kier molecular flexibility index (Phi) is 5.43. The van der Waals surface area contributed by atoms with Gasteiger partial charge in [-0.2, -0.15) is 0 Å². The van der Waals surface area contributed by atoms with E-state index in [1.165, 1.54) is 0 Å². The molecule has 1 N–H and O–H groups in total. The standard InChI is InChI=1S/C19H19BrN2O2/c20-16-5-3-15(4-6-16)17-12-22(13-18(17)19(23)24)11-1-2-14-7-9-21-10-8-14/h1-10,17-18H,11-13H2,(H,23,24)/b2-1+/t17-,18+/m0/s1. The van der Waals surface area contributed by atoms with Crippen molar-refractivity contribution in [1.82, 2.24) is 9.88 Å². The molecule has 24 heavy (non-hydrogen) atoms. The van der Waals surface area contributed by atoms with Gasteiger partial charge in [-0.05, 0) is 35.4 Å². The summed E-state index contributed by atoms with van der Waals surface area (Å²) in [6.07, 6.45) is 7.65. The first-order valence-corrected chi connectivity index (χ1v) is 8.70. The van der Waals surface area contributed by atoms with Crippen LogP contribution in [0, 0.1) is 5.92 Å². The van der Waals surface area contributed by atoms with Crippen molar-refractivity contribution >= 4 is 28.0 Å². The number of likely N-dealkylation sites (tertiary alicyclic amines) is 1. The molecule has 4 nitrogen and oxygen atoms in total. The van der Waals surface area contributed by atoms with Crippen LogP contribution in [0.15, 0.2) is 59.3 Å². The van der Waals surface area contributed by atoms with Crippen molar-refractivity contribution in [2.75, 3.05) is 19.6 Å². The zero-order valence-corrected chi connectivity index (χ0v) is 14.8. The fourth-order valence-corrected chi connectivity index (χ4v) is 3.41. The van der Waals surface area contributed by atoms with E-state index < -0.39 is 5.97 Å². The number of aliphatic carboxylic acids is 1. The highest BCUT2D eigenvalue weighted by Crippen LogP contribution is 2.33. The second kappa shape index (κ2) is 7.73. The van der Waals surface area contributed by atoms with E-state index in [-0.39, 0.29) is 11.8 Å². The fourth-order valence-electron chi connectivity index (χ4n) is 3.14. The first kappa shape index (κ1) is 16.9. The van der Waals surface area contributed by atoms with Crippen LogP contribution >= 0.6 is 15.9 Å². The molecule has 3 rings (SSSR count). The lowest BCUT2D eigenvalue weighted by Crippen LogP contribution is -2.23. The number of rotatable bonds is 5. The van der Waals surface area contributed by atoms with Crippen molar-refractivity contribution in [3.63, 3.8) is 0 Å². The molecule has 0 amide bonds. The minimum Gasteiger partial charge on any atom is -0.481 e. The van der Waals surface area contributed by atoms with Crippen LogP contribution in [-0.4, -0.2) is 40.6 Å². The summed E-state index contributed by atoms with van der Waals surface area (Å²) in [5.74, 6) is -1.05. The Bertz CT molecular complexity index is 716. The van der Waals surface area contributed by atoms with Crippen LogP contribution in [0.25, 0.3) is 6.08 Å². The smallest absolute Gasteiger partial charge is 0.308 e. The molecule has 5 heteroatoms. The molecule has 0 saturated carbocycles.